The summed E-state index contributed by atoms with van der Waals surface area (Å²) in [5, 5.41) is 30.1. The zero-order chi connectivity index (χ0) is 14.1. The summed E-state index contributed by atoms with van der Waals surface area (Å²) in [6.07, 6.45) is 1.30. The second kappa shape index (κ2) is 5.05. The molecule has 0 saturated heterocycles. The van der Waals surface area contributed by atoms with Crippen molar-refractivity contribution in [3.05, 3.63) is 30.0 Å². The van der Waals surface area contributed by atoms with Gasteiger partial charge < -0.3 is 15.5 Å². The van der Waals surface area contributed by atoms with Crippen LogP contribution in [0.5, 0.6) is 0 Å². The molecule has 104 valence electrons. The summed E-state index contributed by atoms with van der Waals surface area (Å²) in [6, 6.07) is 7.30. The van der Waals surface area contributed by atoms with E-state index in [4.69, 9.17) is 0 Å². The fourth-order valence-electron chi connectivity index (χ4n) is 2.50. The van der Waals surface area contributed by atoms with Crippen molar-refractivity contribution in [1.29, 1.82) is 0 Å². The molecule has 20 heavy (non-hydrogen) atoms. The number of aliphatic hydroxyl groups excluding tert-OH is 1. The molecule has 6 nitrogen and oxygen atoms in total. The van der Waals surface area contributed by atoms with Crippen LogP contribution in [-0.2, 0) is 0 Å². The van der Waals surface area contributed by atoms with E-state index in [9.17, 15) is 15.0 Å². The first-order valence-corrected chi connectivity index (χ1v) is 6.56. The molecule has 6 heteroatoms. The molecule has 1 aliphatic rings. The smallest absolute Gasteiger partial charge is 0.358 e. The van der Waals surface area contributed by atoms with Gasteiger partial charge in [0.2, 0.25) is 0 Å². The molecule has 0 radical (unpaired) electrons. The molecule has 0 spiro atoms. The Morgan fingerprint density at radius 3 is 2.75 bits per heavy atom. The lowest BCUT2D eigenvalue weighted by Crippen LogP contribution is -2.33. The Labute approximate surface area is 115 Å². The third-order valence-corrected chi connectivity index (χ3v) is 3.65. The first-order valence-electron chi connectivity index (χ1n) is 6.56. The highest BCUT2D eigenvalue weighted by Crippen LogP contribution is 2.29. The molecule has 1 heterocycles. The van der Waals surface area contributed by atoms with Crippen molar-refractivity contribution in [2.24, 2.45) is 5.92 Å². The molecular formula is C14H15N3O3. The number of rotatable bonds is 4. The molecule has 0 amide bonds. The van der Waals surface area contributed by atoms with Crippen LogP contribution in [0.1, 0.15) is 23.3 Å². The van der Waals surface area contributed by atoms with Crippen molar-refractivity contribution in [3.8, 4) is 0 Å². The van der Waals surface area contributed by atoms with Gasteiger partial charge in [-0.15, -0.1) is 10.2 Å². The number of carbonyl (C=O) groups is 1. The van der Waals surface area contributed by atoms with Crippen molar-refractivity contribution >= 4 is 22.6 Å². The average Bonchev–Trinajstić information content (AvgIpc) is 2.41. The van der Waals surface area contributed by atoms with Crippen LogP contribution < -0.4 is 5.32 Å². The van der Waals surface area contributed by atoms with Gasteiger partial charge in [0.1, 0.15) is 0 Å². The number of nitrogens with one attached hydrogen (secondary N) is 1. The molecule has 0 bridgehead atoms. The van der Waals surface area contributed by atoms with Crippen LogP contribution in [0.25, 0.3) is 10.9 Å². The topological polar surface area (TPSA) is 95.3 Å². The Kier molecular flexibility index (Phi) is 3.23. The molecule has 0 atom stereocenters. The van der Waals surface area contributed by atoms with Crippen molar-refractivity contribution in [2.45, 2.75) is 18.9 Å². The highest BCUT2D eigenvalue weighted by atomic mass is 16.4. The van der Waals surface area contributed by atoms with Gasteiger partial charge in [-0.25, -0.2) is 4.79 Å². The summed E-state index contributed by atoms with van der Waals surface area (Å²) in [5.74, 6) is -0.724. The number of anilines is 1. The van der Waals surface area contributed by atoms with Crippen LogP contribution in [0.15, 0.2) is 24.3 Å². The highest BCUT2D eigenvalue weighted by molar-refractivity contribution is 6.02. The maximum atomic E-state index is 11.3. The molecule has 3 rings (SSSR count). The molecule has 1 aromatic heterocycles. The zero-order valence-corrected chi connectivity index (χ0v) is 10.8. The van der Waals surface area contributed by atoms with Gasteiger partial charge in [0.25, 0.3) is 0 Å². The van der Waals surface area contributed by atoms with E-state index in [0.29, 0.717) is 23.7 Å². The minimum absolute atomic E-state index is 0.0661. The van der Waals surface area contributed by atoms with Gasteiger partial charge >= 0.3 is 5.97 Å². The number of aliphatic hydroxyl groups is 1. The molecular weight excluding hydrogens is 258 g/mol. The van der Waals surface area contributed by atoms with E-state index < -0.39 is 5.97 Å². The van der Waals surface area contributed by atoms with Crippen LogP contribution in [0, 0.1) is 5.92 Å². The normalized spacial score (nSPS) is 21.4. The van der Waals surface area contributed by atoms with Crippen LogP contribution in [0.2, 0.25) is 0 Å². The van der Waals surface area contributed by atoms with Gasteiger partial charge in [0, 0.05) is 11.9 Å². The molecule has 1 aromatic carbocycles. The maximum Gasteiger partial charge on any atom is 0.358 e. The van der Waals surface area contributed by atoms with Gasteiger partial charge in [-0.3, -0.25) is 0 Å². The lowest BCUT2D eigenvalue weighted by molar-refractivity contribution is 0.0486. The number of aromatic nitrogens is 2. The third-order valence-electron chi connectivity index (χ3n) is 3.65. The van der Waals surface area contributed by atoms with Gasteiger partial charge in [-0.05, 0) is 24.8 Å². The number of carboxylic acids is 1. The predicted molar refractivity (Wildman–Crippen MR) is 73.7 cm³/mol. The van der Waals surface area contributed by atoms with Crippen LogP contribution in [-0.4, -0.2) is 39.0 Å². The molecule has 1 fully saturated rings. The Hall–Kier alpha value is -2.21. The van der Waals surface area contributed by atoms with Crippen LogP contribution >= 0.6 is 0 Å². The second-order valence-electron chi connectivity index (χ2n) is 5.12. The summed E-state index contributed by atoms with van der Waals surface area (Å²) < 4.78 is 0. The van der Waals surface area contributed by atoms with Crippen molar-refractivity contribution in [2.75, 3.05) is 11.9 Å². The number of carboxylic acid groups (broad SMARTS) is 1. The Morgan fingerprint density at radius 2 is 2.05 bits per heavy atom. The molecule has 0 unspecified atom stereocenters. The predicted octanol–water partition coefficient (Wildman–Crippen LogP) is 1.51. The number of hydrogen-bond donors (Lipinski definition) is 3. The van der Waals surface area contributed by atoms with Crippen molar-refractivity contribution in [3.63, 3.8) is 0 Å². The summed E-state index contributed by atoms with van der Waals surface area (Å²) >= 11 is 0. The van der Waals surface area contributed by atoms with E-state index in [1.165, 1.54) is 0 Å². The third kappa shape index (κ3) is 2.30. The number of nitrogens with zero attached hydrogens (tertiary/aromatic N) is 2. The van der Waals surface area contributed by atoms with E-state index in [2.05, 4.69) is 15.5 Å². The Balaban J connectivity index is 1.92. The summed E-state index contributed by atoms with van der Waals surface area (Å²) in [6.45, 7) is 0.632. The van der Waals surface area contributed by atoms with Crippen LogP contribution in [0.3, 0.4) is 0 Å². The van der Waals surface area contributed by atoms with Crippen LogP contribution in [0.4, 0.5) is 5.69 Å². The maximum absolute atomic E-state index is 11.3. The second-order valence-corrected chi connectivity index (χ2v) is 5.12. The number of fused-ring (bicyclic) bond motifs is 1. The van der Waals surface area contributed by atoms with E-state index in [1.54, 1.807) is 6.07 Å². The number of aromatic carboxylic acids is 1. The molecule has 2 aromatic rings. The Bertz CT molecular complexity index is 653. The van der Waals surface area contributed by atoms with Gasteiger partial charge in [-0.1, -0.05) is 18.2 Å². The average molecular weight is 273 g/mol. The highest BCUT2D eigenvalue weighted by Gasteiger charge is 2.27. The molecule has 0 aliphatic heterocycles. The molecule has 3 N–H and O–H groups in total. The van der Waals surface area contributed by atoms with Gasteiger partial charge in [0.15, 0.2) is 5.69 Å². The quantitative estimate of drug-likeness (QED) is 0.781. The first kappa shape index (κ1) is 12.8. The van der Waals surface area contributed by atoms with E-state index in [-0.39, 0.29) is 11.8 Å². The SMILES string of the molecule is O=C(O)c1nnc2ccccc2c1NCC1CC(O)C1. The minimum Gasteiger partial charge on any atom is -0.476 e. The molecule has 1 saturated carbocycles. The summed E-state index contributed by atoms with van der Waals surface area (Å²) in [5.41, 5.74) is 1.10. The monoisotopic (exact) mass is 273 g/mol. The van der Waals surface area contributed by atoms with E-state index in [0.717, 1.165) is 18.2 Å². The van der Waals surface area contributed by atoms with E-state index >= 15 is 0 Å². The fourth-order valence-corrected chi connectivity index (χ4v) is 2.50. The largest absolute Gasteiger partial charge is 0.476 e. The molecule has 1 aliphatic carbocycles. The Morgan fingerprint density at radius 1 is 1.30 bits per heavy atom. The van der Waals surface area contributed by atoms with Gasteiger partial charge in [-0.2, -0.15) is 0 Å². The van der Waals surface area contributed by atoms with Crippen molar-refractivity contribution in [1.82, 2.24) is 10.2 Å². The van der Waals surface area contributed by atoms with E-state index in [1.807, 2.05) is 18.2 Å². The summed E-state index contributed by atoms with van der Waals surface area (Å²) in [7, 11) is 0. The minimum atomic E-state index is -1.10. The lowest BCUT2D eigenvalue weighted by Gasteiger charge is -2.31. The van der Waals surface area contributed by atoms with Crippen molar-refractivity contribution < 1.29 is 15.0 Å². The standard InChI is InChI=1S/C14H15N3O3/c18-9-5-8(6-9)7-15-12-10-3-1-2-4-11(10)16-17-13(12)14(19)20/h1-4,8-9,18H,5-7H2,(H,15,16)(H,19,20). The van der Waals surface area contributed by atoms with Gasteiger partial charge in [0.05, 0.1) is 17.3 Å². The summed E-state index contributed by atoms with van der Waals surface area (Å²) in [4.78, 5) is 11.3. The lowest BCUT2D eigenvalue weighted by atomic mass is 9.82. The number of benzene rings is 1. The zero-order valence-electron chi connectivity index (χ0n) is 10.8. The fraction of sp³-hybridized carbons (Fsp3) is 0.357. The number of hydrogen-bond acceptors (Lipinski definition) is 5. The first-order chi connectivity index (χ1) is 9.65.